The maximum Gasteiger partial charge on any atom is 0.330 e. The molecule has 1 aromatic carbocycles. The zero-order chi connectivity index (χ0) is 12.7. The summed E-state index contributed by atoms with van der Waals surface area (Å²) in [7, 11) is 0. The minimum Gasteiger partial charge on any atom is -0.481 e. The summed E-state index contributed by atoms with van der Waals surface area (Å²) in [5.74, 6) is -2.24. The van der Waals surface area contributed by atoms with Gasteiger partial charge in [-0.15, -0.1) is 0 Å². The maximum absolute atomic E-state index is 10.5. The Kier molecular flexibility index (Phi) is 4.75. The summed E-state index contributed by atoms with van der Waals surface area (Å²) in [6.07, 6.45) is 0.538. The predicted octanol–water partition coefficient (Wildman–Crippen LogP) is 1.22. The molecule has 0 aliphatic carbocycles. The van der Waals surface area contributed by atoms with E-state index in [0.717, 1.165) is 11.6 Å². The fraction of sp³-hybridized carbons (Fsp3) is 0.167. The lowest BCUT2D eigenvalue weighted by atomic mass is 10.2. The van der Waals surface area contributed by atoms with Crippen LogP contribution < -0.4 is 5.32 Å². The minimum atomic E-state index is -1.16. The van der Waals surface area contributed by atoms with Gasteiger partial charge >= 0.3 is 11.9 Å². The number of hydrogen-bond acceptors (Lipinski definition) is 3. The van der Waals surface area contributed by atoms with Crippen LogP contribution in [0.5, 0.6) is 0 Å². The normalized spacial score (nSPS) is 10.9. The highest BCUT2D eigenvalue weighted by Crippen LogP contribution is 2.02. The third-order valence-electron chi connectivity index (χ3n) is 2.00. The fourth-order valence-corrected chi connectivity index (χ4v) is 1.29. The average Bonchev–Trinajstić information content (AvgIpc) is 2.26. The Hall–Kier alpha value is -2.30. The van der Waals surface area contributed by atoms with Crippen molar-refractivity contribution in [1.82, 2.24) is 5.32 Å². The second-order valence-electron chi connectivity index (χ2n) is 3.42. The first-order chi connectivity index (χ1) is 8.08. The van der Waals surface area contributed by atoms with Gasteiger partial charge in [0.2, 0.25) is 0 Å². The Morgan fingerprint density at radius 3 is 2.35 bits per heavy atom. The molecule has 0 atom stereocenters. The first kappa shape index (κ1) is 12.8. The van der Waals surface area contributed by atoms with Gasteiger partial charge in [-0.05, 0) is 5.56 Å². The van der Waals surface area contributed by atoms with Gasteiger partial charge in [0.25, 0.3) is 0 Å². The Morgan fingerprint density at radius 2 is 1.82 bits per heavy atom. The molecule has 1 rings (SSSR count). The Bertz CT molecular complexity index is 425. The lowest BCUT2D eigenvalue weighted by Crippen LogP contribution is -2.17. The summed E-state index contributed by atoms with van der Waals surface area (Å²) >= 11 is 0. The van der Waals surface area contributed by atoms with Crippen LogP contribution in [-0.2, 0) is 16.1 Å². The number of carboxylic acid groups (broad SMARTS) is 2. The molecule has 0 radical (unpaired) electrons. The lowest BCUT2D eigenvalue weighted by Gasteiger charge is -2.08. The molecule has 0 spiro atoms. The van der Waals surface area contributed by atoms with E-state index in [1.165, 1.54) is 0 Å². The first-order valence-corrected chi connectivity index (χ1v) is 5.01. The van der Waals surface area contributed by atoms with Gasteiger partial charge < -0.3 is 15.5 Å². The third kappa shape index (κ3) is 5.36. The van der Waals surface area contributed by atoms with Crippen LogP contribution in [0.3, 0.4) is 0 Å². The Labute approximate surface area is 98.4 Å². The molecule has 90 valence electrons. The standard InChI is InChI=1S/C12H13NO4/c14-11(15)6-10(7-12(16)17)13-8-9-4-2-1-3-5-9/h1-6,13H,7-8H2,(H,14,15)(H,16,17). The second kappa shape index (κ2) is 6.32. The van der Waals surface area contributed by atoms with E-state index in [4.69, 9.17) is 10.2 Å². The average molecular weight is 235 g/mol. The van der Waals surface area contributed by atoms with Crippen LogP contribution in [0.15, 0.2) is 42.1 Å². The van der Waals surface area contributed by atoms with Gasteiger partial charge in [-0.1, -0.05) is 30.3 Å². The molecule has 0 aliphatic heterocycles. The highest BCUT2D eigenvalue weighted by atomic mass is 16.4. The fourth-order valence-electron chi connectivity index (χ4n) is 1.29. The molecule has 0 amide bonds. The van der Waals surface area contributed by atoms with Crippen LogP contribution in [0.25, 0.3) is 0 Å². The van der Waals surface area contributed by atoms with Crippen molar-refractivity contribution in [3.8, 4) is 0 Å². The molecule has 0 bridgehead atoms. The minimum absolute atomic E-state index is 0.175. The molecule has 0 saturated heterocycles. The van der Waals surface area contributed by atoms with Gasteiger partial charge in [0.1, 0.15) is 0 Å². The zero-order valence-electron chi connectivity index (χ0n) is 9.09. The Balaban J connectivity index is 2.61. The largest absolute Gasteiger partial charge is 0.481 e. The molecule has 0 fully saturated rings. The van der Waals surface area contributed by atoms with Gasteiger partial charge in [0, 0.05) is 18.3 Å². The number of hydrogen-bond donors (Lipinski definition) is 3. The molecule has 1 aromatic rings. The monoisotopic (exact) mass is 235 g/mol. The lowest BCUT2D eigenvalue weighted by molar-refractivity contribution is -0.136. The van der Waals surface area contributed by atoms with Crippen molar-refractivity contribution >= 4 is 11.9 Å². The molecule has 0 unspecified atom stereocenters. The van der Waals surface area contributed by atoms with Gasteiger partial charge in [0.15, 0.2) is 0 Å². The molecule has 3 N–H and O–H groups in total. The van der Waals surface area contributed by atoms with Crippen molar-refractivity contribution in [2.45, 2.75) is 13.0 Å². The molecule has 5 heteroatoms. The zero-order valence-corrected chi connectivity index (χ0v) is 9.09. The Morgan fingerprint density at radius 1 is 1.18 bits per heavy atom. The summed E-state index contributed by atoms with van der Waals surface area (Å²) in [5.41, 5.74) is 1.13. The van der Waals surface area contributed by atoms with Crippen LogP contribution in [-0.4, -0.2) is 22.2 Å². The highest BCUT2D eigenvalue weighted by Gasteiger charge is 2.05. The van der Waals surface area contributed by atoms with E-state index in [1.807, 2.05) is 30.3 Å². The van der Waals surface area contributed by atoms with Crippen molar-refractivity contribution < 1.29 is 19.8 Å². The van der Waals surface area contributed by atoms with Crippen LogP contribution in [0.1, 0.15) is 12.0 Å². The van der Waals surface area contributed by atoms with E-state index < -0.39 is 11.9 Å². The maximum atomic E-state index is 10.5. The van der Waals surface area contributed by atoms with Crippen molar-refractivity contribution in [2.75, 3.05) is 0 Å². The second-order valence-corrected chi connectivity index (χ2v) is 3.42. The van der Waals surface area contributed by atoms with Crippen LogP contribution in [0, 0.1) is 0 Å². The van der Waals surface area contributed by atoms with E-state index >= 15 is 0 Å². The highest BCUT2D eigenvalue weighted by molar-refractivity contribution is 5.82. The number of nitrogens with one attached hydrogen (secondary N) is 1. The summed E-state index contributed by atoms with van der Waals surface area (Å²) in [6.45, 7) is 0.396. The summed E-state index contributed by atoms with van der Waals surface area (Å²) in [4.78, 5) is 21.0. The summed E-state index contributed by atoms with van der Waals surface area (Å²) in [6, 6.07) is 9.32. The topological polar surface area (TPSA) is 86.6 Å². The first-order valence-electron chi connectivity index (χ1n) is 5.01. The van der Waals surface area contributed by atoms with Gasteiger partial charge in [0.05, 0.1) is 6.42 Å². The number of benzene rings is 1. The van der Waals surface area contributed by atoms with E-state index in [9.17, 15) is 9.59 Å². The van der Waals surface area contributed by atoms with Crippen LogP contribution in [0.2, 0.25) is 0 Å². The van der Waals surface area contributed by atoms with Crippen molar-refractivity contribution in [3.63, 3.8) is 0 Å². The van der Waals surface area contributed by atoms with Crippen LogP contribution in [0.4, 0.5) is 0 Å². The van der Waals surface area contributed by atoms with Crippen molar-refractivity contribution in [1.29, 1.82) is 0 Å². The smallest absolute Gasteiger partial charge is 0.330 e. The summed E-state index contributed by atoms with van der Waals surface area (Å²) in [5, 5.41) is 20.0. The molecule has 5 nitrogen and oxygen atoms in total. The molecular weight excluding hydrogens is 222 g/mol. The number of carboxylic acids is 2. The molecule has 0 aliphatic rings. The van der Waals surface area contributed by atoms with Crippen LogP contribution >= 0.6 is 0 Å². The SMILES string of the molecule is O=C(O)C=C(CC(=O)O)NCc1ccccc1. The molecule has 0 saturated carbocycles. The van der Waals surface area contributed by atoms with E-state index in [1.54, 1.807) is 0 Å². The molecule has 0 heterocycles. The number of carbonyl (C=O) groups is 2. The van der Waals surface area contributed by atoms with E-state index in [0.29, 0.717) is 6.54 Å². The van der Waals surface area contributed by atoms with E-state index in [2.05, 4.69) is 5.32 Å². The van der Waals surface area contributed by atoms with Gasteiger partial charge in [-0.2, -0.15) is 0 Å². The molecular formula is C12H13NO4. The quantitative estimate of drug-likeness (QED) is 0.645. The molecule has 17 heavy (non-hydrogen) atoms. The van der Waals surface area contributed by atoms with Crippen molar-refractivity contribution in [2.24, 2.45) is 0 Å². The summed E-state index contributed by atoms with van der Waals surface area (Å²) < 4.78 is 0. The predicted molar refractivity (Wildman–Crippen MR) is 61.3 cm³/mol. The molecule has 0 aromatic heterocycles. The van der Waals surface area contributed by atoms with Crippen molar-refractivity contribution in [3.05, 3.63) is 47.7 Å². The van der Waals surface area contributed by atoms with E-state index in [-0.39, 0.29) is 12.1 Å². The van der Waals surface area contributed by atoms with Gasteiger partial charge in [-0.3, -0.25) is 4.79 Å². The number of aliphatic carboxylic acids is 2. The third-order valence-corrected chi connectivity index (χ3v) is 2.00. The van der Waals surface area contributed by atoms with Gasteiger partial charge in [-0.25, -0.2) is 4.79 Å². The number of rotatable bonds is 6.